The number of hydrogen-bond donors (Lipinski definition) is 5. The molecule has 0 amide bonds. The molecule has 0 unspecified atom stereocenters. The number of amidine groups is 1. The van der Waals surface area contributed by atoms with Gasteiger partial charge in [-0.05, 0) is 63.0 Å². The van der Waals surface area contributed by atoms with Crippen molar-refractivity contribution in [3.8, 4) is 5.75 Å². The molecule has 0 atom stereocenters. The van der Waals surface area contributed by atoms with Gasteiger partial charge in [-0.2, -0.15) is 0 Å². The Balaban J connectivity index is -0.00000243. The first-order valence-corrected chi connectivity index (χ1v) is 9.93. The van der Waals surface area contributed by atoms with Gasteiger partial charge in [-0.15, -0.1) is 37.2 Å². The van der Waals surface area contributed by atoms with Crippen LogP contribution in [0, 0.1) is 5.41 Å². The number of nitrogens with one attached hydrogen (secondary N) is 2. The van der Waals surface area contributed by atoms with Crippen LogP contribution in [-0.4, -0.2) is 38.0 Å². The quantitative estimate of drug-likeness (QED) is 0.138. The highest BCUT2D eigenvalue weighted by atomic mass is 35.5. The van der Waals surface area contributed by atoms with Crippen LogP contribution in [0.5, 0.6) is 5.75 Å². The first kappa shape index (κ1) is 33.2. The van der Waals surface area contributed by atoms with Crippen LogP contribution < -0.4 is 27.3 Å². The number of hydrogen-bond acceptors (Lipinski definition) is 4. The molecule has 7 nitrogen and oxygen atoms in total. The van der Waals surface area contributed by atoms with Crippen LogP contribution in [0.25, 0.3) is 0 Å². The number of ether oxygens (including phenoxy) is 1. The number of nitrogen functional groups attached to an aromatic ring is 1. The lowest BCUT2D eigenvalue weighted by molar-refractivity contribution is 0.305. The summed E-state index contributed by atoms with van der Waals surface area (Å²) in [4.78, 5) is 3.98. The number of benzene rings is 1. The largest absolute Gasteiger partial charge is 0.494 e. The maximum Gasteiger partial charge on any atom is 0.185 e. The summed E-state index contributed by atoms with van der Waals surface area (Å²) in [6.07, 6.45) is 9.43. The summed E-state index contributed by atoms with van der Waals surface area (Å²) < 4.78 is 5.69. The van der Waals surface area contributed by atoms with Crippen molar-refractivity contribution in [2.75, 3.05) is 26.2 Å². The van der Waals surface area contributed by atoms with E-state index in [0.29, 0.717) is 6.61 Å². The molecule has 10 heteroatoms. The van der Waals surface area contributed by atoms with Crippen molar-refractivity contribution in [3.05, 3.63) is 29.8 Å². The molecule has 1 aromatic carbocycles. The van der Waals surface area contributed by atoms with Gasteiger partial charge >= 0.3 is 0 Å². The van der Waals surface area contributed by atoms with Crippen molar-refractivity contribution in [2.24, 2.45) is 22.2 Å². The van der Waals surface area contributed by atoms with Gasteiger partial charge in [0.15, 0.2) is 5.96 Å². The zero-order chi connectivity index (χ0) is 19.7. The number of aliphatic imine (C=N–C) groups is 1. The van der Waals surface area contributed by atoms with Crippen LogP contribution in [0.15, 0.2) is 29.3 Å². The van der Waals surface area contributed by atoms with Crippen LogP contribution in [0.1, 0.15) is 56.9 Å². The second-order valence-corrected chi connectivity index (χ2v) is 6.67. The molecule has 0 saturated carbocycles. The molecule has 0 bridgehead atoms. The minimum atomic E-state index is 0. The monoisotopic (exact) mass is 484 g/mol. The van der Waals surface area contributed by atoms with Crippen LogP contribution in [0.3, 0.4) is 0 Å². The van der Waals surface area contributed by atoms with E-state index in [1.807, 2.05) is 24.3 Å². The van der Waals surface area contributed by atoms with Gasteiger partial charge in [0.05, 0.1) is 6.61 Å². The van der Waals surface area contributed by atoms with Gasteiger partial charge < -0.3 is 27.3 Å². The minimum absolute atomic E-state index is 0. The number of halogens is 3. The van der Waals surface area contributed by atoms with Crippen LogP contribution >= 0.6 is 37.2 Å². The summed E-state index contributed by atoms with van der Waals surface area (Å²) in [5.41, 5.74) is 16.7. The van der Waals surface area contributed by atoms with E-state index in [2.05, 4.69) is 10.3 Å². The van der Waals surface area contributed by atoms with Gasteiger partial charge in [0, 0.05) is 12.1 Å². The number of nitrogens with zero attached hydrogens (tertiary/aromatic N) is 1. The van der Waals surface area contributed by atoms with Gasteiger partial charge in [0.25, 0.3) is 0 Å². The number of unbranched alkanes of at least 4 members (excludes halogenated alkanes) is 6. The summed E-state index contributed by atoms with van der Waals surface area (Å²) in [7, 11) is 0. The number of guanidine groups is 1. The number of nitrogens with two attached hydrogens (primary N) is 3. The summed E-state index contributed by atoms with van der Waals surface area (Å²) in [5, 5.41) is 10.8. The first-order chi connectivity index (χ1) is 13.1. The maximum atomic E-state index is 7.36. The van der Waals surface area contributed by atoms with Crippen molar-refractivity contribution in [2.45, 2.75) is 51.4 Å². The molecule has 0 aliphatic carbocycles. The zero-order valence-corrected chi connectivity index (χ0v) is 20.1. The molecule has 8 N–H and O–H groups in total. The van der Waals surface area contributed by atoms with Gasteiger partial charge in [0.2, 0.25) is 0 Å². The third kappa shape index (κ3) is 18.6. The Morgan fingerprint density at radius 3 is 1.90 bits per heavy atom. The van der Waals surface area contributed by atoms with Crippen LogP contribution in [-0.2, 0) is 0 Å². The Labute approximate surface area is 199 Å². The lowest BCUT2D eigenvalue weighted by Crippen LogP contribution is -2.22. The highest BCUT2D eigenvalue weighted by molar-refractivity contribution is 5.94. The fraction of sp³-hybridized carbons (Fsp3) is 0.600. The number of rotatable bonds is 16. The van der Waals surface area contributed by atoms with Crippen LogP contribution in [0.4, 0.5) is 0 Å². The van der Waals surface area contributed by atoms with E-state index in [4.69, 9.17) is 27.3 Å². The van der Waals surface area contributed by atoms with E-state index in [1.54, 1.807) is 0 Å². The highest BCUT2D eigenvalue weighted by Gasteiger charge is 1.98. The molecule has 0 aliphatic rings. The fourth-order valence-corrected chi connectivity index (χ4v) is 2.67. The van der Waals surface area contributed by atoms with Crippen molar-refractivity contribution in [1.29, 1.82) is 5.41 Å². The van der Waals surface area contributed by atoms with E-state index in [0.717, 1.165) is 50.2 Å². The SMILES string of the molecule is Cl.Cl.Cl.N=C(N)c1ccc(OCCCCNCCCCCCCCN=C(N)N)cc1. The molecule has 0 radical (unpaired) electrons. The Kier molecular flexibility index (Phi) is 24.7. The predicted octanol–water partition coefficient (Wildman–Crippen LogP) is 3.60. The summed E-state index contributed by atoms with van der Waals surface area (Å²) in [6, 6.07) is 7.33. The minimum Gasteiger partial charge on any atom is -0.494 e. The molecule has 30 heavy (non-hydrogen) atoms. The zero-order valence-electron chi connectivity index (χ0n) is 17.6. The Hall–Kier alpha value is -1.41. The molecule has 0 saturated heterocycles. The average molecular weight is 486 g/mol. The topological polar surface area (TPSA) is 136 Å². The van der Waals surface area contributed by atoms with E-state index >= 15 is 0 Å². The third-order valence-electron chi connectivity index (χ3n) is 4.24. The molecule has 0 heterocycles. The average Bonchev–Trinajstić information content (AvgIpc) is 2.65. The van der Waals surface area contributed by atoms with E-state index < -0.39 is 0 Å². The molecular weight excluding hydrogens is 447 g/mol. The van der Waals surface area contributed by atoms with Gasteiger partial charge in [-0.3, -0.25) is 10.4 Å². The summed E-state index contributed by atoms with van der Waals surface area (Å²) >= 11 is 0. The maximum absolute atomic E-state index is 7.36. The van der Waals surface area contributed by atoms with E-state index in [1.165, 1.54) is 32.1 Å². The Morgan fingerprint density at radius 1 is 0.800 bits per heavy atom. The van der Waals surface area contributed by atoms with E-state index in [-0.39, 0.29) is 49.0 Å². The lowest BCUT2D eigenvalue weighted by atomic mass is 10.1. The standard InChI is InChI=1S/C20H36N6O.3ClH/c21-19(22)17-9-11-18(12-10-17)27-16-8-7-14-25-13-5-3-1-2-4-6-15-26-20(23)24;;;/h9-12,25H,1-8,13-16H2,(H3,21,22)(H4,23,24,26);3*1H. The smallest absolute Gasteiger partial charge is 0.185 e. The van der Waals surface area contributed by atoms with Crippen molar-refractivity contribution in [3.63, 3.8) is 0 Å². The van der Waals surface area contributed by atoms with Gasteiger partial charge in [-0.1, -0.05) is 25.7 Å². The third-order valence-corrected chi connectivity index (χ3v) is 4.24. The second-order valence-electron chi connectivity index (χ2n) is 6.67. The molecule has 0 spiro atoms. The lowest BCUT2D eigenvalue weighted by Gasteiger charge is -2.08. The Morgan fingerprint density at radius 2 is 1.33 bits per heavy atom. The molecular formula is C20H39Cl3N6O. The second kappa shape index (κ2) is 22.3. The van der Waals surface area contributed by atoms with Crippen LogP contribution in [0.2, 0.25) is 0 Å². The molecule has 0 aliphatic heterocycles. The van der Waals surface area contributed by atoms with Gasteiger partial charge in [0.1, 0.15) is 11.6 Å². The normalized spacial score (nSPS) is 9.47. The van der Waals surface area contributed by atoms with Crippen molar-refractivity contribution in [1.82, 2.24) is 5.32 Å². The van der Waals surface area contributed by atoms with Crippen molar-refractivity contribution < 1.29 is 4.74 Å². The predicted molar refractivity (Wildman–Crippen MR) is 135 cm³/mol. The van der Waals surface area contributed by atoms with E-state index in [9.17, 15) is 0 Å². The summed E-state index contributed by atoms with van der Waals surface area (Å²) in [5.74, 6) is 1.10. The van der Waals surface area contributed by atoms with Gasteiger partial charge in [-0.25, -0.2) is 0 Å². The molecule has 0 aromatic heterocycles. The van der Waals surface area contributed by atoms with Crippen molar-refractivity contribution >= 4 is 49.0 Å². The molecule has 0 fully saturated rings. The molecule has 1 rings (SSSR count). The fourth-order valence-electron chi connectivity index (χ4n) is 2.67. The Bertz CT molecular complexity index is 554. The summed E-state index contributed by atoms with van der Waals surface area (Å²) in [6.45, 7) is 3.57. The molecule has 176 valence electrons. The molecule has 1 aromatic rings. The first-order valence-electron chi connectivity index (χ1n) is 9.93. The highest BCUT2D eigenvalue weighted by Crippen LogP contribution is 2.12.